The number of carbonyl (C=O) groups is 1. The van der Waals surface area contributed by atoms with Gasteiger partial charge in [0.1, 0.15) is 11.4 Å². The molecule has 0 N–H and O–H groups in total. The molecule has 6 nitrogen and oxygen atoms in total. The quantitative estimate of drug-likeness (QED) is 0.578. The molecule has 0 atom stereocenters. The minimum Gasteiger partial charge on any atom is -0.444 e. The Balaban J connectivity index is 1.47. The van der Waals surface area contributed by atoms with Crippen LogP contribution in [0.4, 0.5) is 10.6 Å². The van der Waals surface area contributed by atoms with Crippen molar-refractivity contribution in [2.24, 2.45) is 0 Å². The summed E-state index contributed by atoms with van der Waals surface area (Å²) >= 11 is 6.29. The summed E-state index contributed by atoms with van der Waals surface area (Å²) in [5, 5.41) is 1.70. The summed E-state index contributed by atoms with van der Waals surface area (Å²) in [6, 6.07) is 11.8. The summed E-state index contributed by atoms with van der Waals surface area (Å²) in [5.74, 6) is 0.895. The Hall–Kier alpha value is -2.86. The van der Waals surface area contributed by atoms with E-state index in [4.69, 9.17) is 16.3 Å². The van der Waals surface area contributed by atoms with Crippen molar-refractivity contribution in [1.29, 1.82) is 0 Å². The summed E-state index contributed by atoms with van der Waals surface area (Å²) in [6.45, 7) is 8.31. The minimum atomic E-state index is -0.481. The Morgan fingerprint density at radius 1 is 1.07 bits per heavy atom. The Labute approximate surface area is 181 Å². The fraction of sp³-hybridized carbons (Fsp3) is 0.348. The first-order chi connectivity index (χ1) is 14.3. The molecular weight excluding hydrogens is 400 g/mol. The highest BCUT2D eigenvalue weighted by atomic mass is 35.5. The van der Waals surface area contributed by atoms with E-state index < -0.39 is 5.60 Å². The number of nitrogens with zero attached hydrogens (tertiary/aromatic N) is 4. The standard InChI is InChI=1S/C23H25ClN4O2/c1-23(2,3)30-22(29)28-11-9-27(10-12-28)21-7-6-16(15-26-21)19-13-17(24)14-20-18(19)5-4-8-25-20/h4-8,13-15H,9-12H2,1-3H3. The maximum Gasteiger partial charge on any atom is 0.410 e. The van der Waals surface area contributed by atoms with Crippen molar-refractivity contribution in [2.45, 2.75) is 26.4 Å². The van der Waals surface area contributed by atoms with Crippen LogP contribution in [0.1, 0.15) is 20.8 Å². The Morgan fingerprint density at radius 2 is 1.83 bits per heavy atom. The number of benzene rings is 1. The average molecular weight is 425 g/mol. The highest BCUT2D eigenvalue weighted by molar-refractivity contribution is 6.31. The molecular formula is C23H25ClN4O2. The highest BCUT2D eigenvalue weighted by Crippen LogP contribution is 2.31. The fourth-order valence-electron chi connectivity index (χ4n) is 3.56. The van der Waals surface area contributed by atoms with Gasteiger partial charge in [-0.1, -0.05) is 17.7 Å². The number of hydrogen-bond acceptors (Lipinski definition) is 5. The second kappa shape index (κ2) is 8.11. The second-order valence-electron chi connectivity index (χ2n) is 8.38. The summed E-state index contributed by atoms with van der Waals surface area (Å²) in [6.07, 6.45) is 3.38. The second-order valence-corrected chi connectivity index (χ2v) is 8.82. The number of hydrogen-bond donors (Lipinski definition) is 0. The van der Waals surface area contributed by atoms with E-state index >= 15 is 0 Å². The first-order valence-corrected chi connectivity index (χ1v) is 10.4. The van der Waals surface area contributed by atoms with Crippen LogP contribution in [0.2, 0.25) is 5.02 Å². The van der Waals surface area contributed by atoms with Crippen molar-refractivity contribution < 1.29 is 9.53 Å². The number of rotatable bonds is 2. The van der Waals surface area contributed by atoms with Crippen molar-refractivity contribution in [3.8, 4) is 11.1 Å². The molecule has 30 heavy (non-hydrogen) atoms. The molecule has 0 aliphatic carbocycles. The molecule has 7 heteroatoms. The van der Waals surface area contributed by atoms with Gasteiger partial charge in [0, 0.05) is 54.5 Å². The molecule has 2 aromatic heterocycles. The lowest BCUT2D eigenvalue weighted by molar-refractivity contribution is 0.0240. The molecule has 156 valence electrons. The van der Waals surface area contributed by atoms with Gasteiger partial charge in [-0.3, -0.25) is 4.98 Å². The topological polar surface area (TPSA) is 58.6 Å². The average Bonchev–Trinajstić information content (AvgIpc) is 2.72. The van der Waals surface area contributed by atoms with Gasteiger partial charge in [-0.25, -0.2) is 9.78 Å². The Kier molecular flexibility index (Phi) is 5.52. The third-order valence-corrected chi connectivity index (χ3v) is 5.22. The molecule has 0 radical (unpaired) electrons. The molecule has 0 spiro atoms. The number of amides is 1. The van der Waals surface area contributed by atoms with Crippen molar-refractivity contribution in [3.05, 3.63) is 53.8 Å². The Morgan fingerprint density at radius 3 is 2.50 bits per heavy atom. The van der Waals surface area contributed by atoms with E-state index in [-0.39, 0.29) is 6.09 Å². The molecule has 0 bridgehead atoms. The van der Waals surface area contributed by atoms with Crippen LogP contribution in [0.15, 0.2) is 48.8 Å². The molecule has 1 aromatic carbocycles. The Bertz CT molecular complexity index is 1050. The number of pyridine rings is 2. The molecule has 1 aliphatic heterocycles. The zero-order valence-corrected chi connectivity index (χ0v) is 18.2. The largest absolute Gasteiger partial charge is 0.444 e. The lowest BCUT2D eigenvalue weighted by Gasteiger charge is -2.36. The zero-order chi connectivity index (χ0) is 21.3. The van der Waals surface area contributed by atoms with Gasteiger partial charge in [-0.15, -0.1) is 0 Å². The third kappa shape index (κ3) is 4.49. The van der Waals surface area contributed by atoms with E-state index in [2.05, 4.69) is 20.9 Å². The van der Waals surface area contributed by atoms with Crippen LogP contribution in [-0.2, 0) is 4.74 Å². The van der Waals surface area contributed by atoms with Crippen LogP contribution in [0.25, 0.3) is 22.0 Å². The van der Waals surface area contributed by atoms with Crippen LogP contribution in [0.5, 0.6) is 0 Å². The monoisotopic (exact) mass is 424 g/mol. The van der Waals surface area contributed by atoms with Gasteiger partial charge in [-0.05, 0) is 56.7 Å². The van der Waals surface area contributed by atoms with Crippen LogP contribution in [0, 0.1) is 0 Å². The maximum atomic E-state index is 12.2. The van der Waals surface area contributed by atoms with E-state index in [0.717, 1.165) is 40.9 Å². The fourth-order valence-corrected chi connectivity index (χ4v) is 3.78. The number of ether oxygens (including phenoxy) is 1. The number of fused-ring (bicyclic) bond motifs is 1. The number of anilines is 1. The van der Waals surface area contributed by atoms with Crippen LogP contribution < -0.4 is 4.90 Å². The first kappa shape index (κ1) is 20.4. The molecule has 4 rings (SSSR count). The molecule has 1 fully saturated rings. The molecule has 1 amide bonds. The third-order valence-electron chi connectivity index (χ3n) is 5.00. The molecule has 0 saturated carbocycles. The van der Waals surface area contributed by atoms with E-state index in [9.17, 15) is 4.79 Å². The van der Waals surface area contributed by atoms with Crippen molar-refractivity contribution in [3.63, 3.8) is 0 Å². The summed E-state index contributed by atoms with van der Waals surface area (Å²) in [7, 11) is 0. The van der Waals surface area contributed by atoms with E-state index in [0.29, 0.717) is 18.1 Å². The molecule has 3 heterocycles. The predicted octanol–water partition coefficient (Wildman–Crippen LogP) is 5.01. The van der Waals surface area contributed by atoms with E-state index in [1.165, 1.54) is 0 Å². The SMILES string of the molecule is CC(C)(C)OC(=O)N1CCN(c2ccc(-c3cc(Cl)cc4ncccc34)cn2)CC1. The van der Waals surface area contributed by atoms with Crippen molar-refractivity contribution >= 4 is 34.4 Å². The van der Waals surface area contributed by atoms with Gasteiger partial charge < -0.3 is 14.5 Å². The normalized spacial score (nSPS) is 14.8. The molecule has 0 unspecified atom stereocenters. The number of aromatic nitrogens is 2. The van der Waals surface area contributed by atoms with Crippen LogP contribution in [0.3, 0.4) is 0 Å². The van der Waals surface area contributed by atoms with Gasteiger partial charge in [0.05, 0.1) is 5.52 Å². The smallest absolute Gasteiger partial charge is 0.410 e. The van der Waals surface area contributed by atoms with Gasteiger partial charge in [0.2, 0.25) is 0 Å². The lowest BCUT2D eigenvalue weighted by atomic mass is 10.0. The van der Waals surface area contributed by atoms with Gasteiger partial charge >= 0.3 is 6.09 Å². The lowest BCUT2D eigenvalue weighted by Crippen LogP contribution is -2.50. The summed E-state index contributed by atoms with van der Waals surface area (Å²) in [5.41, 5.74) is 2.39. The number of halogens is 1. The summed E-state index contributed by atoms with van der Waals surface area (Å²) in [4.78, 5) is 25.3. The molecule has 1 aliphatic rings. The van der Waals surface area contributed by atoms with Crippen LogP contribution >= 0.6 is 11.6 Å². The first-order valence-electron chi connectivity index (χ1n) is 10.0. The van der Waals surface area contributed by atoms with Crippen LogP contribution in [-0.4, -0.2) is 52.7 Å². The zero-order valence-electron chi connectivity index (χ0n) is 17.4. The predicted molar refractivity (Wildman–Crippen MR) is 120 cm³/mol. The van der Waals surface area contributed by atoms with Crippen molar-refractivity contribution in [1.82, 2.24) is 14.9 Å². The van der Waals surface area contributed by atoms with E-state index in [1.54, 1.807) is 11.1 Å². The number of piperazine rings is 1. The number of carbonyl (C=O) groups excluding carboxylic acids is 1. The minimum absolute atomic E-state index is 0.257. The van der Waals surface area contributed by atoms with Crippen molar-refractivity contribution in [2.75, 3.05) is 31.1 Å². The maximum absolute atomic E-state index is 12.2. The van der Waals surface area contributed by atoms with E-state index in [1.807, 2.05) is 57.3 Å². The van der Waals surface area contributed by atoms with Gasteiger partial charge in [-0.2, -0.15) is 0 Å². The van der Waals surface area contributed by atoms with Gasteiger partial charge in [0.15, 0.2) is 0 Å². The van der Waals surface area contributed by atoms with Gasteiger partial charge in [0.25, 0.3) is 0 Å². The summed E-state index contributed by atoms with van der Waals surface area (Å²) < 4.78 is 5.46. The highest BCUT2D eigenvalue weighted by Gasteiger charge is 2.26. The molecule has 3 aromatic rings. The molecule has 1 saturated heterocycles.